The molecule has 2 heterocycles. The summed E-state index contributed by atoms with van der Waals surface area (Å²) in [5.41, 5.74) is 1.15. The number of furan rings is 1. The summed E-state index contributed by atoms with van der Waals surface area (Å²) >= 11 is 1.41. The van der Waals surface area contributed by atoms with Crippen molar-refractivity contribution in [1.82, 2.24) is 15.3 Å². The Kier molecular flexibility index (Phi) is 5.97. The lowest BCUT2D eigenvalue weighted by Crippen LogP contribution is -2.27. The lowest BCUT2D eigenvalue weighted by atomic mass is 10.2. The molecule has 1 N–H and O–H groups in total. The van der Waals surface area contributed by atoms with Crippen molar-refractivity contribution in [3.8, 4) is 11.6 Å². The second-order valence-electron chi connectivity index (χ2n) is 4.60. The zero-order chi connectivity index (χ0) is 15.9. The van der Waals surface area contributed by atoms with Crippen LogP contribution in [0.3, 0.4) is 0 Å². The highest BCUT2D eigenvalue weighted by Crippen LogP contribution is 2.24. The van der Waals surface area contributed by atoms with Crippen LogP contribution in [0, 0.1) is 6.92 Å². The number of methoxy groups -OCH3 is 1. The maximum atomic E-state index is 12.3. The molecule has 0 unspecified atom stereocenters. The number of ether oxygens (including phenoxy) is 1. The number of amides is 1. The van der Waals surface area contributed by atoms with E-state index in [4.69, 9.17) is 9.15 Å². The summed E-state index contributed by atoms with van der Waals surface area (Å²) in [4.78, 5) is 21.2. The Morgan fingerprint density at radius 1 is 1.45 bits per heavy atom. The zero-order valence-electron chi connectivity index (χ0n) is 12.9. The predicted octanol–water partition coefficient (Wildman–Crippen LogP) is 2.53. The third-order valence-electron chi connectivity index (χ3n) is 3.03. The SMILES string of the molecule is COCCCNC(=O)c1c(C)nc(-c2ccco2)nc1SC. The van der Waals surface area contributed by atoms with Gasteiger partial charge < -0.3 is 14.5 Å². The molecule has 0 spiro atoms. The maximum absolute atomic E-state index is 12.3. The van der Waals surface area contributed by atoms with Gasteiger partial charge in [-0.2, -0.15) is 0 Å². The summed E-state index contributed by atoms with van der Waals surface area (Å²) in [6, 6.07) is 3.58. The number of hydrogen-bond donors (Lipinski definition) is 1. The number of thioether (sulfide) groups is 1. The van der Waals surface area contributed by atoms with Crippen LogP contribution in [0.4, 0.5) is 0 Å². The highest BCUT2D eigenvalue weighted by Gasteiger charge is 2.19. The molecule has 0 bridgehead atoms. The number of aryl methyl sites for hydroxylation is 1. The number of hydrogen-bond acceptors (Lipinski definition) is 6. The van der Waals surface area contributed by atoms with Gasteiger partial charge >= 0.3 is 0 Å². The van der Waals surface area contributed by atoms with Crippen LogP contribution in [-0.4, -0.2) is 42.4 Å². The average Bonchev–Trinajstić information content (AvgIpc) is 3.04. The van der Waals surface area contributed by atoms with E-state index in [2.05, 4.69) is 15.3 Å². The summed E-state index contributed by atoms with van der Waals surface area (Å²) < 4.78 is 10.3. The molecule has 0 fully saturated rings. The Morgan fingerprint density at radius 2 is 2.27 bits per heavy atom. The lowest BCUT2D eigenvalue weighted by Gasteiger charge is -2.11. The van der Waals surface area contributed by atoms with E-state index in [1.165, 1.54) is 11.8 Å². The smallest absolute Gasteiger partial charge is 0.255 e. The summed E-state index contributed by atoms with van der Waals surface area (Å²) in [7, 11) is 1.64. The standard InChI is InChI=1S/C15H19N3O3S/c1-10-12(14(19)16-7-5-8-20-2)15(22-3)18-13(17-10)11-6-4-9-21-11/h4,6,9H,5,7-8H2,1-3H3,(H,16,19). The van der Waals surface area contributed by atoms with E-state index in [1.54, 1.807) is 32.4 Å². The molecule has 0 aromatic carbocycles. The minimum atomic E-state index is -0.163. The first-order valence-electron chi connectivity index (χ1n) is 6.91. The molecule has 6 nitrogen and oxygen atoms in total. The summed E-state index contributed by atoms with van der Waals surface area (Å²) in [6.45, 7) is 2.97. The van der Waals surface area contributed by atoms with Crippen molar-refractivity contribution in [3.05, 3.63) is 29.7 Å². The monoisotopic (exact) mass is 321 g/mol. The van der Waals surface area contributed by atoms with Gasteiger partial charge in [0.2, 0.25) is 0 Å². The molecule has 0 atom stereocenters. The number of carbonyl (C=O) groups excluding carboxylic acids is 1. The van der Waals surface area contributed by atoms with E-state index in [0.717, 1.165) is 6.42 Å². The molecule has 0 saturated carbocycles. The topological polar surface area (TPSA) is 77.2 Å². The van der Waals surface area contributed by atoms with E-state index in [0.29, 0.717) is 41.0 Å². The van der Waals surface area contributed by atoms with Crippen LogP contribution in [0.15, 0.2) is 27.8 Å². The van der Waals surface area contributed by atoms with Gasteiger partial charge in [-0.05, 0) is 31.7 Å². The van der Waals surface area contributed by atoms with E-state index in [9.17, 15) is 4.79 Å². The molecule has 0 aliphatic heterocycles. The Balaban J connectivity index is 2.22. The number of rotatable bonds is 7. The molecule has 2 aromatic heterocycles. The molecule has 0 saturated heterocycles. The van der Waals surface area contributed by atoms with Gasteiger partial charge in [0.15, 0.2) is 11.6 Å². The Hall–Kier alpha value is -1.86. The van der Waals surface area contributed by atoms with Gasteiger partial charge in [-0.15, -0.1) is 11.8 Å². The largest absolute Gasteiger partial charge is 0.461 e. The van der Waals surface area contributed by atoms with Gasteiger partial charge in [0.05, 0.1) is 17.5 Å². The minimum absolute atomic E-state index is 0.163. The van der Waals surface area contributed by atoms with Crippen LogP contribution in [0.2, 0.25) is 0 Å². The molecule has 0 aliphatic carbocycles. The highest BCUT2D eigenvalue weighted by molar-refractivity contribution is 7.98. The summed E-state index contributed by atoms with van der Waals surface area (Å²) in [5.74, 6) is 0.914. The molecule has 1 amide bonds. The Bertz CT molecular complexity index is 629. The third kappa shape index (κ3) is 3.86. The third-order valence-corrected chi connectivity index (χ3v) is 3.71. The summed E-state index contributed by atoms with van der Waals surface area (Å²) in [6.07, 6.45) is 4.22. The van der Waals surface area contributed by atoms with Crippen LogP contribution in [0.25, 0.3) is 11.6 Å². The van der Waals surface area contributed by atoms with E-state index in [-0.39, 0.29) is 5.91 Å². The quantitative estimate of drug-likeness (QED) is 0.480. The van der Waals surface area contributed by atoms with Crippen molar-refractivity contribution < 1.29 is 13.9 Å². The summed E-state index contributed by atoms with van der Waals surface area (Å²) in [5, 5.41) is 3.51. The van der Waals surface area contributed by atoms with Gasteiger partial charge in [-0.3, -0.25) is 4.79 Å². The average molecular weight is 321 g/mol. The van der Waals surface area contributed by atoms with Gasteiger partial charge in [0.25, 0.3) is 5.91 Å². The number of nitrogens with zero attached hydrogens (tertiary/aromatic N) is 2. The maximum Gasteiger partial charge on any atom is 0.255 e. The van der Waals surface area contributed by atoms with Gasteiger partial charge in [0.1, 0.15) is 5.03 Å². The fraction of sp³-hybridized carbons (Fsp3) is 0.400. The normalized spacial score (nSPS) is 10.7. The molecule has 7 heteroatoms. The molecular weight excluding hydrogens is 302 g/mol. The van der Waals surface area contributed by atoms with Gasteiger partial charge in [-0.25, -0.2) is 9.97 Å². The molecular formula is C15H19N3O3S. The van der Waals surface area contributed by atoms with Crippen LogP contribution in [-0.2, 0) is 4.74 Å². The highest BCUT2D eigenvalue weighted by atomic mass is 32.2. The van der Waals surface area contributed by atoms with Crippen LogP contribution < -0.4 is 5.32 Å². The van der Waals surface area contributed by atoms with Crippen molar-refractivity contribution in [3.63, 3.8) is 0 Å². The molecule has 118 valence electrons. The van der Waals surface area contributed by atoms with Crippen molar-refractivity contribution in [2.75, 3.05) is 26.5 Å². The first kappa shape index (κ1) is 16.5. The second-order valence-corrected chi connectivity index (χ2v) is 5.39. The number of nitrogens with one attached hydrogen (secondary N) is 1. The van der Waals surface area contributed by atoms with Crippen LogP contribution in [0.5, 0.6) is 0 Å². The molecule has 2 aromatic rings. The van der Waals surface area contributed by atoms with E-state index < -0.39 is 0 Å². The van der Waals surface area contributed by atoms with Crippen molar-refractivity contribution in [2.24, 2.45) is 0 Å². The number of aromatic nitrogens is 2. The second kappa shape index (κ2) is 7.95. The molecule has 22 heavy (non-hydrogen) atoms. The molecule has 0 aliphatic rings. The first-order chi connectivity index (χ1) is 10.7. The minimum Gasteiger partial charge on any atom is -0.461 e. The molecule has 2 rings (SSSR count). The predicted molar refractivity (Wildman–Crippen MR) is 85.1 cm³/mol. The fourth-order valence-corrected chi connectivity index (χ4v) is 2.60. The first-order valence-corrected chi connectivity index (χ1v) is 8.13. The van der Waals surface area contributed by atoms with Crippen molar-refractivity contribution in [1.29, 1.82) is 0 Å². The van der Waals surface area contributed by atoms with Gasteiger partial charge in [-0.1, -0.05) is 0 Å². The van der Waals surface area contributed by atoms with Crippen LogP contribution in [0.1, 0.15) is 22.5 Å². The number of carbonyl (C=O) groups is 1. The Morgan fingerprint density at radius 3 is 2.91 bits per heavy atom. The van der Waals surface area contributed by atoms with E-state index >= 15 is 0 Å². The molecule has 0 radical (unpaired) electrons. The van der Waals surface area contributed by atoms with Crippen molar-refractivity contribution in [2.45, 2.75) is 18.4 Å². The Labute approximate surface area is 133 Å². The van der Waals surface area contributed by atoms with Crippen LogP contribution >= 0.6 is 11.8 Å². The fourth-order valence-electron chi connectivity index (χ4n) is 1.98. The lowest BCUT2D eigenvalue weighted by molar-refractivity contribution is 0.0944. The van der Waals surface area contributed by atoms with Gasteiger partial charge in [0, 0.05) is 20.3 Å². The van der Waals surface area contributed by atoms with Crippen molar-refractivity contribution >= 4 is 17.7 Å². The zero-order valence-corrected chi connectivity index (χ0v) is 13.7. The van der Waals surface area contributed by atoms with E-state index in [1.807, 2.05) is 6.26 Å².